The minimum absolute atomic E-state index is 0.261. The molecule has 0 spiro atoms. The number of hydrogen-bond acceptors (Lipinski definition) is 4. The highest BCUT2D eigenvalue weighted by atomic mass is 16.7. The first-order chi connectivity index (χ1) is 5.15. The van der Waals surface area contributed by atoms with E-state index < -0.39 is 18.5 Å². The van der Waals surface area contributed by atoms with Gasteiger partial charge in [0.05, 0.1) is 12.2 Å². The van der Waals surface area contributed by atoms with E-state index in [1.54, 1.807) is 6.92 Å². The predicted octanol–water partition coefficient (Wildman–Crippen LogP) is -0.510. The van der Waals surface area contributed by atoms with Crippen LogP contribution in [-0.4, -0.2) is 41.9 Å². The first-order valence-corrected chi connectivity index (χ1v) is 3.69. The van der Waals surface area contributed by atoms with Gasteiger partial charge in [0.1, 0.15) is 6.10 Å². The summed E-state index contributed by atoms with van der Waals surface area (Å²) < 4.78 is 9.98. The van der Waals surface area contributed by atoms with Crippen molar-refractivity contribution in [1.82, 2.24) is 0 Å². The zero-order valence-electron chi connectivity index (χ0n) is 6.73. The zero-order chi connectivity index (χ0) is 8.43. The van der Waals surface area contributed by atoms with Gasteiger partial charge in [0.15, 0.2) is 6.29 Å². The Morgan fingerprint density at radius 1 is 1.36 bits per heavy atom. The van der Waals surface area contributed by atoms with Gasteiger partial charge in [-0.2, -0.15) is 0 Å². The summed E-state index contributed by atoms with van der Waals surface area (Å²) in [5, 5.41) is 18.5. The van der Waals surface area contributed by atoms with Crippen LogP contribution in [0.1, 0.15) is 13.3 Å². The molecule has 0 aromatic carbocycles. The van der Waals surface area contributed by atoms with Crippen molar-refractivity contribution in [3.8, 4) is 0 Å². The molecule has 0 aliphatic carbocycles. The second-order valence-corrected chi connectivity index (χ2v) is 2.82. The normalized spacial score (nSPS) is 45.8. The Balaban J connectivity index is 2.48. The fraction of sp³-hybridized carbons (Fsp3) is 1.00. The molecule has 0 radical (unpaired) electrons. The molecule has 11 heavy (non-hydrogen) atoms. The minimum atomic E-state index is -0.716. The molecule has 0 unspecified atom stereocenters. The smallest absolute Gasteiger partial charge is 0.183 e. The maximum absolute atomic E-state index is 9.25. The van der Waals surface area contributed by atoms with Crippen molar-refractivity contribution in [3.05, 3.63) is 0 Å². The molecule has 66 valence electrons. The monoisotopic (exact) mass is 162 g/mol. The number of methoxy groups -OCH3 is 1. The van der Waals surface area contributed by atoms with Crippen LogP contribution in [-0.2, 0) is 9.47 Å². The van der Waals surface area contributed by atoms with Gasteiger partial charge < -0.3 is 19.7 Å². The van der Waals surface area contributed by atoms with Crippen molar-refractivity contribution in [2.24, 2.45) is 0 Å². The van der Waals surface area contributed by atoms with Gasteiger partial charge in [0.2, 0.25) is 0 Å². The van der Waals surface area contributed by atoms with Crippen molar-refractivity contribution in [3.63, 3.8) is 0 Å². The molecule has 1 aliphatic heterocycles. The molecule has 1 rings (SSSR count). The predicted molar refractivity (Wildman–Crippen MR) is 38.0 cm³/mol. The highest BCUT2D eigenvalue weighted by molar-refractivity contribution is 4.77. The average Bonchev–Trinajstić information content (AvgIpc) is 1.97. The van der Waals surface area contributed by atoms with Gasteiger partial charge in [0, 0.05) is 13.5 Å². The highest BCUT2D eigenvalue weighted by Gasteiger charge is 2.33. The highest BCUT2D eigenvalue weighted by Crippen LogP contribution is 2.19. The van der Waals surface area contributed by atoms with Crippen molar-refractivity contribution >= 4 is 0 Å². The lowest BCUT2D eigenvalue weighted by molar-refractivity contribution is -0.251. The summed E-state index contributed by atoms with van der Waals surface area (Å²) in [6.07, 6.45) is -1.83. The fourth-order valence-corrected chi connectivity index (χ4v) is 1.16. The molecule has 0 saturated carbocycles. The van der Waals surface area contributed by atoms with Gasteiger partial charge >= 0.3 is 0 Å². The maximum Gasteiger partial charge on any atom is 0.183 e. The molecule has 2 N–H and O–H groups in total. The Morgan fingerprint density at radius 3 is 2.55 bits per heavy atom. The third-order valence-corrected chi connectivity index (χ3v) is 1.92. The van der Waals surface area contributed by atoms with E-state index >= 15 is 0 Å². The van der Waals surface area contributed by atoms with Crippen LogP contribution in [0.4, 0.5) is 0 Å². The lowest BCUT2D eigenvalue weighted by Crippen LogP contribution is -2.46. The molecular formula is C7H14O4. The first kappa shape index (κ1) is 8.93. The van der Waals surface area contributed by atoms with Gasteiger partial charge in [-0.15, -0.1) is 0 Å². The van der Waals surface area contributed by atoms with E-state index in [-0.39, 0.29) is 6.10 Å². The number of aliphatic hydroxyl groups is 2. The number of hydrogen-bond donors (Lipinski definition) is 2. The number of ether oxygens (including phenoxy) is 2. The van der Waals surface area contributed by atoms with E-state index in [0.29, 0.717) is 6.42 Å². The molecule has 0 amide bonds. The first-order valence-electron chi connectivity index (χ1n) is 3.69. The third kappa shape index (κ3) is 1.90. The molecule has 4 heteroatoms. The number of rotatable bonds is 1. The van der Waals surface area contributed by atoms with E-state index in [1.165, 1.54) is 7.11 Å². The van der Waals surface area contributed by atoms with Crippen LogP contribution in [0.5, 0.6) is 0 Å². The molecule has 1 fully saturated rings. The van der Waals surface area contributed by atoms with Crippen LogP contribution in [0, 0.1) is 0 Å². The van der Waals surface area contributed by atoms with Crippen LogP contribution in [0.3, 0.4) is 0 Å². The molecule has 0 aromatic heterocycles. The summed E-state index contributed by atoms with van der Waals surface area (Å²) in [7, 11) is 1.47. The molecule has 1 heterocycles. The van der Waals surface area contributed by atoms with Crippen molar-refractivity contribution in [2.45, 2.75) is 37.9 Å². The Kier molecular flexibility index (Phi) is 2.84. The van der Waals surface area contributed by atoms with E-state index in [2.05, 4.69) is 0 Å². The standard InChI is InChI=1S/C7H14O4/c1-4-5(8)3-6(9)7(10-2)11-4/h4-9H,3H2,1-2H3/t4-,5-,6+,7+/m1/s1. The SMILES string of the molecule is CO[C@H]1O[C@H](C)[C@H](O)C[C@@H]1O. The second kappa shape index (κ2) is 3.49. The van der Waals surface area contributed by atoms with Crippen LogP contribution in [0.2, 0.25) is 0 Å². The van der Waals surface area contributed by atoms with Gasteiger partial charge in [-0.05, 0) is 6.92 Å². The Bertz CT molecular complexity index is 128. The molecule has 1 saturated heterocycles. The largest absolute Gasteiger partial charge is 0.390 e. The van der Waals surface area contributed by atoms with E-state index in [1.807, 2.05) is 0 Å². The van der Waals surface area contributed by atoms with E-state index in [9.17, 15) is 10.2 Å². The third-order valence-electron chi connectivity index (χ3n) is 1.92. The average molecular weight is 162 g/mol. The van der Waals surface area contributed by atoms with Crippen molar-refractivity contribution in [2.75, 3.05) is 7.11 Å². The lowest BCUT2D eigenvalue weighted by atomic mass is 10.0. The summed E-state index contributed by atoms with van der Waals surface area (Å²) in [6.45, 7) is 1.75. The Labute approximate surface area is 65.7 Å². The second-order valence-electron chi connectivity index (χ2n) is 2.82. The van der Waals surface area contributed by atoms with Crippen LogP contribution >= 0.6 is 0 Å². The molecule has 1 aliphatic rings. The minimum Gasteiger partial charge on any atom is -0.390 e. The summed E-state index contributed by atoms with van der Waals surface area (Å²) >= 11 is 0. The van der Waals surface area contributed by atoms with Gasteiger partial charge in [0.25, 0.3) is 0 Å². The Morgan fingerprint density at radius 2 is 2.00 bits per heavy atom. The van der Waals surface area contributed by atoms with Crippen molar-refractivity contribution in [1.29, 1.82) is 0 Å². The van der Waals surface area contributed by atoms with Crippen molar-refractivity contribution < 1.29 is 19.7 Å². The fourth-order valence-electron chi connectivity index (χ4n) is 1.16. The molecular weight excluding hydrogens is 148 g/mol. The summed E-state index contributed by atoms with van der Waals surface area (Å²) in [5.41, 5.74) is 0. The van der Waals surface area contributed by atoms with Crippen LogP contribution in [0.25, 0.3) is 0 Å². The molecule has 4 nitrogen and oxygen atoms in total. The van der Waals surface area contributed by atoms with Gasteiger partial charge in [-0.25, -0.2) is 0 Å². The molecule has 4 atom stereocenters. The van der Waals surface area contributed by atoms with E-state index in [0.717, 1.165) is 0 Å². The Hall–Kier alpha value is -0.160. The van der Waals surface area contributed by atoms with Crippen LogP contribution < -0.4 is 0 Å². The topological polar surface area (TPSA) is 58.9 Å². The molecule has 0 bridgehead atoms. The maximum atomic E-state index is 9.25. The zero-order valence-corrected chi connectivity index (χ0v) is 6.73. The lowest BCUT2D eigenvalue weighted by Gasteiger charge is -2.34. The number of aliphatic hydroxyl groups excluding tert-OH is 2. The van der Waals surface area contributed by atoms with Crippen LogP contribution in [0.15, 0.2) is 0 Å². The van der Waals surface area contributed by atoms with Gasteiger partial charge in [-0.3, -0.25) is 0 Å². The van der Waals surface area contributed by atoms with E-state index in [4.69, 9.17) is 9.47 Å². The summed E-state index contributed by atoms with van der Waals surface area (Å²) in [6, 6.07) is 0. The van der Waals surface area contributed by atoms with Gasteiger partial charge in [-0.1, -0.05) is 0 Å². The summed E-state index contributed by atoms with van der Waals surface area (Å²) in [4.78, 5) is 0. The molecule has 0 aromatic rings. The summed E-state index contributed by atoms with van der Waals surface area (Å²) in [5.74, 6) is 0. The quantitative estimate of drug-likeness (QED) is 0.545.